The molecule has 7 nitrogen and oxygen atoms in total. The fourth-order valence-electron chi connectivity index (χ4n) is 3.62. The van der Waals surface area contributed by atoms with Gasteiger partial charge in [0.05, 0.1) is 28.6 Å². The highest BCUT2D eigenvalue weighted by atomic mass is 35.5. The third-order valence-electron chi connectivity index (χ3n) is 5.02. The summed E-state index contributed by atoms with van der Waals surface area (Å²) in [5.41, 5.74) is 2.48. The van der Waals surface area contributed by atoms with E-state index >= 15 is 0 Å². The summed E-state index contributed by atoms with van der Waals surface area (Å²) < 4.78 is 25.7. The van der Waals surface area contributed by atoms with Crippen LogP contribution in [0, 0.1) is 0 Å². The second-order valence-corrected chi connectivity index (χ2v) is 9.57. The average molecular weight is 470 g/mol. The number of aromatic hydroxyl groups is 1. The third-order valence-corrected chi connectivity index (χ3v) is 5.95. The number of hydrogen-bond acceptors (Lipinski definition) is 5. The number of nitrogens with zero attached hydrogens (tertiary/aromatic N) is 2. The number of anilines is 1. The van der Waals surface area contributed by atoms with Crippen molar-refractivity contribution in [3.8, 4) is 5.75 Å². The zero-order valence-corrected chi connectivity index (χ0v) is 18.6. The van der Waals surface area contributed by atoms with E-state index in [0.717, 1.165) is 6.26 Å². The minimum atomic E-state index is -3.44. The van der Waals surface area contributed by atoms with Gasteiger partial charge in [-0.15, -0.1) is 0 Å². The fraction of sp³-hybridized carbons (Fsp3) is 0.130. The van der Waals surface area contributed by atoms with Gasteiger partial charge < -0.3 is 5.11 Å². The molecule has 9 heteroatoms. The smallest absolute Gasteiger partial charge is 0.276 e. The Hall–Kier alpha value is -3.36. The van der Waals surface area contributed by atoms with Crippen molar-refractivity contribution >= 4 is 38.9 Å². The first kappa shape index (κ1) is 21.9. The van der Waals surface area contributed by atoms with Gasteiger partial charge in [-0.3, -0.25) is 9.52 Å². The van der Waals surface area contributed by atoms with Crippen LogP contribution in [-0.2, 0) is 10.0 Å². The summed E-state index contributed by atoms with van der Waals surface area (Å²) >= 11 is 6.25. The Bertz CT molecular complexity index is 1320. The number of benzene rings is 3. The molecular weight excluding hydrogens is 450 g/mol. The monoisotopic (exact) mass is 469 g/mol. The molecule has 1 amide bonds. The maximum absolute atomic E-state index is 13.4. The molecule has 0 saturated carbocycles. The molecule has 164 valence electrons. The average Bonchev–Trinajstić information content (AvgIpc) is 3.18. The molecule has 1 unspecified atom stereocenters. The van der Waals surface area contributed by atoms with Crippen molar-refractivity contribution in [2.75, 3.05) is 11.0 Å². The van der Waals surface area contributed by atoms with Crippen molar-refractivity contribution in [2.45, 2.75) is 12.5 Å². The summed E-state index contributed by atoms with van der Waals surface area (Å²) in [7, 11) is -3.44. The lowest BCUT2D eigenvalue weighted by Crippen LogP contribution is -2.27. The molecule has 0 bridgehead atoms. The van der Waals surface area contributed by atoms with Crippen LogP contribution < -0.4 is 4.72 Å². The summed E-state index contributed by atoms with van der Waals surface area (Å²) in [5, 5.41) is 16.6. The molecule has 0 radical (unpaired) electrons. The topological polar surface area (TPSA) is 99.1 Å². The number of rotatable bonds is 5. The molecule has 0 saturated heterocycles. The lowest BCUT2D eigenvalue weighted by atomic mass is 9.97. The van der Waals surface area contributed by atoms with Crippen LogP contribution in [0.1, 0.15) is 33.9 Å². The lowest BCUT2D eigenvalue weighted by molar-refractivity contribution is 0.0710. The van der Waals surface area contributed by atoms with Crippen LogP contribution in [0.3, 0.4) is 0 Å². The number of sulfonamides is 1. The van der Waals surface area contributed by atoms with E-state index in [1.165, 1.54) is 5.01 Å². The van der Waals surface area contributed by atoms with Crippen LogP contribution in [0.5, 0.6) is 5.75 Å². The number of para-hydroxylation sites is 1. The predicted molar refractivity (Wildman–Crippen MR) is 125 cm³/mol. The van der Waals surface area contributed by atoms with Crippen molar-refractivity contribution < 1.29 is 18.3 Å². The van der Waals surface area contributed by atoms with E-state index in [9.17, 15) is 18.3 Å². The van der Waals surface area contributed by atoms with E-state index in [1.54, 1.807) is 72.8 Å². The van der Waals surface area contributed by atoms with Crippen LogP contribution in [0.15, 0.2) is 77.9 Å². The van der Waals surface area contributed by atoms with Gasteiger partial charge in [0, 0.05) is 17.7 Å². The minimum absolute atomic E-state index is 0.0541. The molecule has 0 aromatic heterocycles. The van der Waals surface area contributed by atoms with Crippen LogP contribution in [-0.4, -0.2) is 36.4 Å². The highest BCUT2D eigenvalue weighted by Crippen LogP contribution is 2.38. The number of amides is 1. The van der Waals surface area contributed by atoms with Crippen LogP contribution >= 0.6 is 11.6 Å². The molecule has 4 rings (SSSR count). The molecular formula is C23H20ClN3O4S. The lowest BCUT2D eigenvalue weighted by Gasteiger charge is -2.23. The van der Waals surface area contributed by atoms with Crippen molar-refractivity contribution in [1.82, 2.24) is 5.01 Å². The van der Waals surface area contributed by atoms with Gasteiger partial charge in [-0.2, -0.15) is 5.10 Å². The van der Waals surface area contributed by atoms with E-state index in [1.807, 2.05) is 0 Å². The second-order valence-electron chi connectivity index (χ2n) is 7.41. The first-order valence-corrected chi connectivity index (χ1v) is 12.0. The van der Waals surface area contributed by atoms with Gasteiger partial charge in [0.15, 0.2) is 0 Å². The number of hydrogen-bond donors (Lipinski definition) is 2. The Labute approximate surface area is 191 Å². The van der Waals surface area contributed by atoms with Crippen LogP contribution in [0.4, 0.5) is 5.69 Å². The van der Waals surface area contributed by atoms with Gasteiger partial charge in [0.1, 0.15) is 5.75 Å². The molecule has 1 atom stereocenters. The number of hydrazone groups is 1. The zero-order chi connectivity index (χ0) is 22.9. The minimum Gasteiger partial charge on any atom is -0.508 e. The maximum Gasteiger partial charge on any atom is 0.276 e. The zero-order valence-electron chi connectivity index (χ0n) is 17.1. The highest BCUT2D eigenvalue weighted by Gasteiger charge is 2.35. The third kappa shape index (κ3) is 4.61. The Kier molecular flexibility index (Phi) is 5.90. The quantitative estimate of drug-likeness (QED) is 0.578. The Morgan fingerprint density at radius 1 is 1.09 bits per heavy atom. The number of halogens is 1. The largest absolute Gasteiger partial charge is 0.508 e. The van der Waals surface area contributed by atoms with Gasteiger partial charge in [-0.1, -0.05) is 54.1 Å². The van der Waals surface area contributed by atoms with E-state index in [0.29, 0.717) is 39.5 Å². The molecule has 0 spiro atoms. The summed E-state index contributed by atoms with van der Waals surface area (Å²) in [6.45, 7) is 0. The normalized spacial score (nSPS) is 16.0. The Balaban J connectivity index is 1.76. The molecule has 32 heavy (non-hydrogen) atoms. The van der Waals surface area contributed by atoms with E-state index in [4.69, 9.17) is 11.6 Å². The summed E-state index contributed by atoms with van der Waals surface area (Å²) in [6, 6.07) is 19.7. The summed E-state index contributed by atoms with van der Waals surface area (Å²) in [4.78, 5) is 13.4. The number of phenolic OH excluding ortho intramolecular Hbond substituents is 1. The van der Waals surface area contributed by atoms with Gasteiger partial charge in [0.2, 0.25) is 10.0 Å². The molecule has 1 aliphatic rings. The molecule has 0 aliphatic carbocycles. The second kappa shape index (κ2) is 8.64. The number of carbonyl (C=O) groups is 1. The first-order chi connectivity index (χ1) is 15.2. The van der Waals surface area contributed by atoms with Gasteiger partial charge in [-0.05, 0) is 35.9 Å². The molecule has 3 aromatic rings. The molecule has 3 aromatic carbocycles. The Morgan fingerprint density at radius 3 is 2.53 bits per heavy atom. The molecule has 2 N–H and O–H groups in total. The molecule has 1 heterocycles. The van der Waals surface area contributed by atoms with Gasteiger partial charge in [-0.25, -0.2) is 13.4 Å². The number of carbonyl (C=O) groups excluding carboxylic acids is 1. The van der Waals surface area contributed by atoms with E-state index < -0.39 is 22.0 Å². The first-order valence-electron chi connectivity index (χ1n) is 9.74. The number of nitrogens with one attached hydrogen (secondary N) is 1. The predicted octanol–water partition coefficient (Wildman–Crippen LogP) is 4.41. The van der Waals surface area contributed by atoms with Gasteiger partial charge in [0.25, 0.3) is 5.91 Å². The molecule has 1 aliphatic heterocycles. The number of phenols is 1. The van der Waals surface area contributed by atoms with Crippen LogP contribution in [0.25, 0.3) is 0 Å². The fourth-order valence-corrected chi connectivity index (χ4v) is 4.39. The van der Waals surface area contributed by atoms with Crippen molar-refractivity contribution in [2.24, 2.45) is 5.10 Å². The Morgan fingerprint density at radius 2 is 1.81 bits per heavy atom. The highest BCUT2D eigenvalue weighted by molar-refractivity contribution is 7.92. The summed E-state index contributed by atoms with van der Waals surface area (Å²) in [5.74, 6) is -0.345. The maximum atomic E-state index is 13.4. The molecule has 0 fully saturated rings. The van der Waals surface area contributed by atoms with E-state index in [2.05, 4.69) is 9.82 Å². The van der Waals surface area contributed by atoms with E-state index in [-0.39, 0.29) is 5.75 Å². The standard InChI is InChI=1S/C23H20ClN3O4S/c1-32(30,31)26-16-8-6-7-15(13-16)20-14-21(18-10-3-5-12-22(18)28)27(25-20)23(29)17-9-2-4-11-19(17)24/h2-13,21,26,28H,14H2,1H3. The van der Waals surface area contributed by atoms with Gasteiger partial charge >= 0.3 is 0 Å². The summed E-state index contributed by atoms with van der Waals surface area (Å²) in [6.07, 6.45) is 1.40. The SMILES string of the molecule is CS(=O)(=O)Nc1cccc(C2=NN(C(=O)c3ccccc3Cl)C(c3ccccc3O)C2)c1. The van der Waals surface area contributed by atoms with Crippen LogP contribution in [0.2, 0.25) is 5.02 Å². The van der Waals surface area contributed by atoms with Crippen molar-refractivity contribution in [3.63, 3.8) is 0 Å². The van der Waals surface area contributed by atoms with Crippen molar-refractivity contribution in [3.05, 3.63) is 94.5 Å². The van der Waals surface area contributed by atoms with Crippen molar-refractivity contribution in [1.29, 1.82) is 0 Å².